The molecule has 0 radical (unpaired) electrons. The van der Waals surface area contributed by atoms with Crippen molar-refractivity contribution in [1.29, 1.82) is 0 Å². The summed E-state index contributed by atoms with van der Waals surface area (Å²) >= 11 is 3.44. The zero-order valence-corrected chi connectivity index (χ0v) is 13.3. The number of halogens is 1. The van der Waals surface area contributed by atoms with Crippen molar-refractivity contribution in [1.82, 2.24) is 0 Å². The van der Waals surface area contributed by atoms with Gasteiger partial charge < -0.3 is 5.32 Å². The predicted octanol–water partition coefficient (Wildman–Crippen LogP) is 5.21. The van der Waals surface area contributed by atoms with E-state index in [4.69, 9.17) is 0 Å². The number of hydrogen-bond acceptors (Lipinski definition) is 2. The van der Waals surface area contributed by atoms with Gasteiger partial charge >= 0.3 is 0 Å². The minimum Gasteiger partial charge on any atom is -0.379 e. The van der Waals surface area contributed by atoms with E-state index >= 15 is 0 Å². The number of carbonyl (C=O) groups excluding carboxylic acids is 1. The number of nitrogens with one attached hydrogen (secondary N) is 1. The quantitative estimate of drug-likeness (QED) is 0.761. The highest BCUT2D eigenvalue weighted by Gasteiger charge is 2.06. The van der Waals surface area contributed by atoms with E-state index in [2.05, 4.69) is 40.3 Å². The SMILES string of the molecule is CCC(=O)c1ccc(NC(C)c2ccc(Br)cc2)cc1. The van der Waals surface area contributed by atoms with Gasteiger partial charge in [-0.2, -0.15) is 0 Å². The second-order valence-electron chi connectivity index (χ2n) is 4.77. The maximum Gasteiger partial charge on any atom is 0.162 e. The van der Waals surface area contributed by atoms with Crippen molar-refractivity contribution in [3.8, 4) is 0 Å². The summed E-state index contributed by atoms with van der Waals surface area (Å²) in [7, 11) is 0. The monoisotopic (exact) mass is 331 g/mol. The third-order valence-corrected chi connectivity index (χ3v) is 3.81. The smallest absolute Gasteiger partial charge is 0.162 e. The van der Waals surface area contributed by atoms with E-state index in [1.165, 1.54) is 5.56 Å². The topological polar surface area (TPSA) is 29.1 Å². The summed E-state index contributed by atoms with van der Waals surface area (Å²) in [5.41, 5.74) is 3.02. The second kappa shape index (κ2) is 6.71. The number of Topliss-reactive ketones (excluding diaryl/α,β-unsaturated/α-hetero) is 1. The molecule has 3 heteroatoms. The van der Waals surface area contributed by atoms with Crippen molar-refractivity contribution in [2.24, 2.45) is 0 Å². The molecule has 2 rings (SSSR count). The van der Waals surface area contributed by atoms with E-state index in [9.17, 15) is 4.79 Å². The Morgan fingerprint density at radius 2 is 1.70 bits per heavy atom. The Kier molecular flexibility index (Phi) is 4.96. The summed E-state index contributed by atoms with van der Waals surface area (Å²) in [6.07, 6.45) is 0.544. The van der Waals surface area contributed by atoms with E-state index < -0.39 is 0 Å². The molecule has 20 heavy (non-hydrogen) atoms. The van der Waals surface area contributed by atoms with Crippen LogP contribution in [-0.2, 0) is 0 Å². The van der Waals surface area contributed by atoms with Gasteiger partial charge in [-0.3, -0.25) is 4.79 Å². The molecule has 0 spiro atoms. The summed E-state index contributed by atoms with van der Waals surface area (Å²) in [4.78, 5) is 11.6. The van der Waals surface area contributed by atoms with Crippen LogP contribution in [0.15, 0.2) is 53.0 Å². The van der Waals surface area contributed by atoms with Gasteiger partial charge in [-0.05, 0) is 48.9 Å². The Hall–Kier alpha value is -1.61. The zero-order chi connectivity index (χ0) is 14.5. The summed E-state index contributed by atoms with van der Waals surface area (Å²) in [5.74, 6) is 0.178. The summed E-state index contributed by atoms with van der Waals surface area (Å²) < 4.78 is 1.08. The first kappa shape index (κ1) is 14.8. The fraction of sp³-hybridized carbons (Fsp3) is 0.235. The highest BCUT2D eigenvalue weighted by molar-refractivity contribution is 9.10. The number of carbonyl (C=O) groups is 1. The molecule has 0 aromatic heterocycles. The molecule has 0 aliphatic rings. The van der Waals surface area contributed by atoms with Crippen LogP contribution in [0.1, 0.15) is 42.2 Å². The van der Waals surface area contributed by atoms with Crippen molar-refractivity contribution in [3.05, 3.63) is 64.1 Å². The van der Waals surface area contributed by atoms with E-state index in [1.54, 1.807) is 0 Å². The van der Waals surface area contributed by atoms with Gasteiger partial charge in [-0.15, -0.1) is 0 Å². The highest BCUT2D eigenvalue weighted by atomic mass is 79.9. The predicted molar refractivity (Wildman–Crippen MR) is 87.2 cm³/mol. The van der Waals surface area contributed by atoms with Crippen LogP contribution in [0.4, 0.5) is 5.69 Å². The van der Waals surface area contributed by atoms with E-state index in [0.717, 1.165) is 15.7 Å². The zero-order valence-electron chi connectivity index (χ0n) is 11.7. The Bertz CT molecular complexity index is 575. The Labute approximate surface area is 128 Å². The Balaban J connectivity index is 2.06. The molecular formula is C17H18BrNO. The fourth-order valence-electron chi connectivity index (χ4n) is 2.04. The molecule has 0 amide bonds. The lowest BCUT2D eigenvalue weighted by molar-refractivity contribution is 0.0988. The molecule has 0 fully saturated rings. The molecule has 1 atom stereocenters. The first-order valence-electron chi connectivity index (χ1n) is 6.75. The van der Waals surface area contributed by atoms with Crippen LogP contribution in [-0.4, -0.2) is 5.78 Å². The molecule has 104 valence electrons. The molecule has 1 N–H and O–H groups in total. The van der Waals surface area contributed by atoms with Gasteiger partial charge in [0.2, 0.25) is 0 Å². The van der Waals surface area contributed by atoms with Crippen LogP contribution in [0, 0.1) is 0 Å². The third kappa shape index (κ3) is 3.70. The number of benzene rings is 2. The van der Waals surface area contributed by atoms with Crippen molar-refractivity contribution < 1.29 is 4.79 Å². The lowest BCUT2D eigenvalue weighted by atomic mass is 10.1. The van der Waals surface area contributed by atoms with E-state index in [-0.39, 0.29) is 11.8 Å². The van der Waals surface area contributed by atoms with E-state index in [0.29, 0.717) is 6.42 Å². The van der Waals surface area contributed by atoms with E-state index in [1.807, 2.05) is 43.3 Å². The molecule has 0 bridgehead atoms. The summed E-state index contributed by atoms with van der Waals surface area (Å²) in [5, 5.41) is 3.44. The molecule has 0 saturated heterocycles. The Morgan fingerprint density at radius 1 is 1.10 bits per heavy atom. The van der Waals surface area contributed by atoms with Crippen LogP contribution in [0.5, 0.6) is 0 Å². The first-order valence-corrected chi connectivity index (χ1v) is 7.54. The van der Waals surface area contributed by atoms with Gasteiger partial charge in [0.25, 0.3) is 0 Å². The third-order valence-electron chi connectivity index (χ3n) is 3.28. The van der Waals surface area contributed by atoms with Crippen LogP contribution < -0.4 is 5.32 Å². The average Bonchev–Trinajstić information content (AvgIpc) is 2.48. The molecular weight excluding hydrogens is 314 g/mol. The molecule has 1 unspecified atom stereocenters. The number of rotatable bonds is 5. The van der Waals surface area contributed by atoms with Crippen LogP contribution in [0.2, 0.25) is 0 Å². The normalized spacial score (nSPS) is 11.9. The van der Waals surface area contributed by atoms with Crippen molar-refractivity contribution in [3.63, 3.8) is 0 Å². The molecule has 2 nitrogen and oxygen atoms in total. The largest absolute Gasteiger partial charge is 0.379 e. The molecule has 0 saturated carbocycles. The average molecular weight is 332 g/mol. The molecule has 2 aromatic rings. The van der Waals surface area contributed by atoms with Gasteiger partial charge in [0.15, 0.2) is 5.78 Å². The molecule has 2 aromatic carbocycles. The van der Waals surface area contributed by atoms with Crippen molar-refractivity contribution in [2.75, 3.05) is 5.32 Å². The van der Waals surface area contributed by atoms with Gasteiger partial charge in [0.05, 0.1) is 0 Å². The number of hydrogen-bond donors (Lipinski definition) is 1. The molecule has 0 aliphatic heterocycles. The number of ketones is 1. The summed E-state index contributed by atoms with van der Waals surface area (Å²) in [6, 6.07) is 16.2. The van der Waals surface area contributed by atoms with Crippen molar-refractivity contribution >= 4 is 27.4 Å². The van der Waals surface area contributed by atoms with Gasteiger partial charge in [-0.1, -0.05) is 35.0 Å². The molecule has 0 heterocycles. The van der Waals surface area contributed by atoms with Crippen LogP contribution in [0.3, 0.4) is 0 Å². The minimum absolute atomic E-state index is 0.178. The van der Waals surface area contributed by atoms with Gasteiger partial charge in [0.1, 0.15) is 0 Å². The second-order valence-corrected chi connectivity index (χ2v) is 5.69. The minimum atomic E-state index is 0.178. The number of anilines is 1. The highest BCUT2D eigenvalue weighted by Crippen LogP contribution is 2.21. The van der Waals surface area contributed by atoms with Crippen LogP contribution >= 0.6 is 15.9 Å². The van der Waals surface area contributed by atoms with Crippen molar-refractivity contribution in [2.45, 2.75) is 26.3 Å². The fourth-order valence-corrected chi connectivity index (χ4v) is 2.31. The lowest BCUT2D eigenvalue weighted by Crippen LogP contribution is -2.06. The van der Waals surface area contributed by atoms with Gasteiger partial charge in [-0.25, -0.2) is 0 Å². The summed E-state index contributed by atoms with van der Waals surface area (Å²) in [6.45, 7) is 4.00. The maximum atomic E-state index is 11.6. The maximum absolute atomic E-state index is 11.6. The first-order chi connectivity index (χ1) is 9.60. The standard InChI is InChI=1S/C17H18BrNO/c1-3-17(20)14-6-10-16(11-7-14)19-12(2)13-4-8-15(18)9-5-13/h4-12,19H,3H2,1-2H3. The van der Waals surface area contributed by atoms with Gasteiger partial charge in [0, 0.05) is 28.2 Å². The Morgan fingerprint density at radius 3 is 2.25 bits per heavy atom. The van der Waals surface area contributed by atoms with Crippen LogP contribution in [0.25, 0.3) is 0 Å². The molecule has 0 aliphatic carbocycles. The lowest BCUT2D eigenvalue weighted by Gasteiger charge is -2.16.